The lowest BCUT2D eigenvalue weighted by Crippen LogP contribution is -2.42. The molecule has 3 rings (SSSR count). The molecule has 29 heavy (non-hydrogen) atoms. The standard InChI is InChI=1S/C19H23N3O4.3ClH/c1-24-16-6-7-21-18(25-2)17(16)19(23)26-15-5-3-4-14(12-15)13-22-10-8-20-9-11-22;;;/h3-7,12,20H,8-11,13H2,1-2H3;3*1H. The van der Waals surface area contributed by atoms with Crippen LogP contribution in [0.25, 0.3) is 0 Å². The van der Waals surface area contributed by atoms with Crippen molar-refractivity contribution in [2.24, 2.45) is 0 Å². The molecule has 0 amide bonds. The number of ether oxygens (including phenoxy) is 3. The highest BCUT2D eigenvalue weighted by Crippen LogP contribution is 2.27. The summed E-state index contributed by atoms with van der Waals surface area (Å²) in [5.74, 6) is 0.451. The number of esters is 1. The molecule has 1 aromatic heterocycles. The van der Waals surface area contributed by atoms with Gasteiger partial charge in [0.15, 0.2) is 5.56 Å². The van der Waals surface area contributed by atoms with E-state index in [1.807, 2.05) is 18.2 Å². The van der Waals surface area contributed by atoms with E-state index >= 15 is 0 Å². The minimum Gasteiger partial charge on any atom is -0.496 e. The van der Waals surface area contributed by atoms with Crippen LogP contribution in [-0.2, 0) is 6.54 Å². The van der Waals surface area contributed by atoms with Gasteiger partial charge in [-0.05, 0) is 23.8 Å². The summed E-state index contributed by atoms with van der Waals surface area (Å²) in [6.07, 6.45) is 1.52. The molecule has 162 valence electrons. The zero-order valence-electron chi connectivity index (χ0n) is 16.3. The topological polar surface area (TPSA) is 72.9 Å². The number of nitrogens with one attached hydrogen (secondary N) is 1. The number of hydrogen-bond acceptors (Lipinski definition) is 7. The molecular weight excluding hydrogens is 441 g/mol. The van der Waals surface area contributed by atoms with Crippen molar-refractivity contribution < 1.29 is 19.0 Å². The number of aromatic nitrogens is 1. The summed E-state index contributed by atoms with van der Waals surface area (Å²) in [6, 6.07) is 9.16. The van der Waals surface area contributed by atoms with E-state index in [9.17, 15) is 4.79 Å². The second-order valence-electron chi connectivity index (χ2n) is 5.96. The SMILES string of the molecule is COc1ccnc(OC)c1C(=O)Oc1cccc(CN2CCNCC2)c1.Cl.Cl.Cl. The number of halogens is 3. The third-order valence-corrected chi connectivity index (χ3v) is 4.22. The van der Waals surface area contributed by atoms with Crippen LogP contribution in [0.5, 0.6) is 17.4 Å². The molecule has 7 nitrogen and oxygen atoms in total. The maximum absolute atomic E-state index is 12.6. The maximum atomic E-state index is 12.6. The largest absolute Gasteiger partial charge is 0.496 e. The summed E-state index contributed by atoms with van der Waals surface area (Å²) in [4.78, 5) is 19.0. The molecule has 1 aromatic carbocycles. The molecule has 0 atom stereocenters. The van der Waals surface area contributed by atoms with Gasteiger partial charge in [-0.15, -0.1) is 37.2 Å². The Labute approximate surface area is 189 Å². The first kappa shape index (κ1) is 27.2. The zero-order valence-corrected chi connectivity index (χ0v) is 18.7. The van der Waals surface area contributed by atoms with Crippen LogP contribution in [0.1, 0.15) is 15.9 Å². The molecule has 1 aliphatic heterocycles. The van der Waals surface area contributed by atoms with Crippen molar-refractivity contribution in [3.8, 4) is 17.4 Å². The summed E-state index contributed by atoms with van der Waals surface area (Å²) < 4.78 is 15.9. The van der Waals surface area contributed by atoms with Crippen molar-refractivity contribution in [1.82, 2.24) is 15.2 Å². The molecule has 0 saturated carbocycles. The van der Waals surface area contributed by atoms with Crippen LogP contribution in [0, 0.1) is 0 Å². The van der Waals surface area contributed by atoms with Gasteiger partial charge in [0.05, 0.1) is 14.2 Å². The Balaban J connectivity index is 0.00000261. The van der Waals surface area contributed by atoms with Gasteiger partial charge in [0.2, 0.25) is 5.88 Å². The van der Waals surface area contributed by atoms with Gasteiger partial charge in [-0.25, -0.2) is 9.78 Å². The number of piperazine rings is 1. The molecule has 2 aromatic rings. The van der Waals surface area contributed by atoms with E-state index in [1.54, 1.807) is 12.1 Å². The summed E-state index contributed by atoms with van der Waals surface area (Å²) in [5, 5.41) is 3.34. The van der Waals surface area contributed by atoms with E-state index in [0.29, 0.717) is 11.5 Å². The van der Waals surface area contributed by atoms with Gasteiger partial charge in [0.1, 0.15) is 11.5 Å². The van der Waals surface area contributed by atoms with Crippen molar-refractivity contribution in [1.29, 1.82) is 0 Å². The lowest BCUT2D eigenvalue weighted by atomic mass is 10.2. The summed E-state index contributed by atoms with van der Waals surface area (Å²) in [5.41, 5.74) is 1.27. The predicted molar refractivity (Wildman–Crippen MR) is 119 cm³/mol. The van der Waals surface area contributed by atoms with Crippen molar-refractivity contribution in [2.75, 3.05) is 40.4 Å². The van der Waals surface area contributed by atoms with Gasteiger partial charge < -0.3 is 19.5 Å². The molecular formula is C19H26Cl3N3O4. The quantitative estimate of drug-likeness (QED) is 0.518. The van der Waals surface area contributed by atoms with Crippen molar-refractivity contribution >= 4 is 43.2 Å². The number of hydrogen-bond donors (Lipinski definition) is 1. The smallest absolute Gasteiger partial charge is 0.352 e. The number of benzene rings is 1. The predicted octanol–water partition coefficient (Wildman–Crippen LogP) is 2.99. The van der Waals surface area contributed by atoms with Crippen molar-refractivity contribution in [2.45, 2.75) is 6.54 Å². The number of methoxy groups -OCH3 is 2. The highest BCUT2D eigenvalue weighted by atomic mass is 35.5. The Bertz CT molecular complexity index is 752. The summed E-state index contributed by atoms with van der Waals surface area (Å²) >= 11 is 0. The van der Waals surface area contributed by atoms with Gasteiger partial charge in [-0.2, -0.15) is 0 Å². The average Bonchev–Trinajstić information content (AvgIpc) is 2.68. The van der Waals surface area contributed by atoms with E-state index in [-0.39, 0.29) is 48.7 Å². The molecule has 1 saturated heterocycles. The molecule has 1 fully saturated rings. The van der Waals surface area contributed by atoms with E-state index < -0.39 is 5.97 Å². The van der Waals surface area contributed by atoms with E-state index in [4.69, 9.17) is 14.2 Å². The number of carbonyl (C=O) groups excluding carboxylic acids is 1. The van der Waals surface area contributed by atoms with Gasteiger partial charge in [0, 0.05) is 38.9 Å². The van der Waals surface area contributed by atoms with Crippen LogP contribution < -0.4 is 19.5 Å². The third kappa shape index (κ3) is 7.21. The Kier molecular flexibility index (Phi) is 12.6. The zero-order chi connectivity index (χ0) is 18.4. The fourth-order valence-corrected chi connectivity index (χ4v) is 2.93. The Morgan fingerprint density at radius 3 is 2.48 bits per heavy atom. The highest BCUT2D eigenvalue weighted by Gasteiger charge is 2.22. The van der Waals surface area contributed by atoms with E-state index in [2.05, 4.69) is 15.2 Å². The summed E-state index contributed by atoms with van der Waals surface area (Å²) in [6.45, 7) is 4.83. The first-order chi connectivity index (χ1) is 12.7. The molecule has 0 aliphatic carbocycles. The molecule has 1 aliphatic rings. The Hall–Kier alpha value is -1.77. The Morgan fingerprint density at radius 1 is 1.10 bits per heavy atom. The van der Waals surface area contributed by atoms with Crippen LogP contribution in [0.4, 0.5) is 0 Å². The number of rotatable bonds is 6. The second-order valence-corrected chi connectivity index (χ2v) is 5.96. The van der Waals surface area contributed by atoms with Crippen LogP contribution in [0.2, 0.25) is 0 Å². The van der Waals surface area contributed by atoms with Gasteiger partial charge >= 0.3 is 5.97 Å². The summed E-state index contributed by atoms with van der Waals surface area (Å²) in [7, 11) is 2.94. The molecule has 1 N–H and O–H groups in total. The second kappa shape index (κ2) is 13.5. The number of pyridine rings is 1. The molecule has 0 spiro atoms. The lowest BCUT2D eigenvalue weighted by molar-refractivity contribution is 0.0726. The van der Waals surface area contributed by atoms with Gasteiger partial charge in [-0.1, -0.05) is 12.1 Å². The van der Waals surface area contributed by atoms with Crippen LogP contribution in [-0.4, -0.2) is 56.3 Å². The normalized spacial score (nSPS) is 13.2. The molecule has 0 bridgehead atoms. The van der Waals surface area contributed by atoms with Crippen LogP contribution in [0.3, 0.4) is 0 Å². The van der Waals surface area contributed by atoms with Crippen LogP contribution in [0.15, 0.2) is 36.5 Å². The van der Waals surface area contributed by atoms with E-state index in [1.165, 1.54) is 20.4 Å². The average molecular weight is 467 g/mol. The fourth-order valence-electron chi connectivity index (χ4n) is 2.93. The first-order valence-corrected chi connectivity index (χ1v) is 8.52. The molecule has 0 radical (unpaired) electrons. The highest BCUT2D eigenvalue weighted by molar-refractivity contribution is 5.96. The number of carbonyl (C=O) groups is 1. The fraction of sp³-hybridized carbons (Fsp3) is 0.368. The minimum absolute atomic E-state index is 0. The maximum Gasteiger partial charge on any atom is 0.352 e. The van der Waals surface area contributed by atoms with Gasteiger partial charge in [-0.3, -0.25) is 4.90 Å². The molecule has 10 heteroatoms. The first-order valence-electron chi connectivity index (χ1n) is 8.52. The van der Waals surface area contributed by atoms with Crippen molar-refractivity contribution in [3.05, 3.63) is 47.7 Å². The van der Waals surface area contributed by atoms with Gasteiger partial charge in [0.25, 0.3) is 0 Å². The lowest BCUT2D eigenvalue weighted by Gasteiger charge is -2.27. The monoisotopic (exact) mass is 465 g/mol. The van der Waals surface area contributed by atoms with E-state index in [0.717, 1.165) is 38.3 Å². The van der Waals surface area contributed by atoms with Crippen LogP contribution >= 0.6 is 37.2 Å². The molecule has 0 unspecified atom stereocenters. The number of nitrogens with zero attached hydrogens (tertiary/aromatic N) is 2. The van der Waals surface area contributed by atoms with Crippen molar-refractivity contribution in [3.63, 3.8) is 0 Å². The minimum atomic E-state index is -0.564. The Morgan fingerprint density at radius 2 is 1.83 bits per heavy atom. The third-order valence-electron chi connectivity index (χ3n) is 4.22. The molecule has 2 heterocycles.